The lowest BCUT2D eigenvalue weighted by molar-refractivity contribution is 0.102. The number of nitrogens with one attached hydrogen (secondary N) is 1. The summed E-state index contributed by atoms with van der Waals surface area (Å²) in [4.78, 5) is 16.7. The monoisotopic (exact) mass is 332 g/mol. The standard InChI is InChI=1S/C21H20N2O2/c1-14-4-9-18(10-5-14)25-19-11-7-17(8-12-19)23-21(24)20-13-6-15(2)22-16(20)3/h4-13H,1-3H3,(H,23,24). The second kappa shape index (κ2) is 7.18. The second-order valence-electron chi connectivity index (χ2n) is 5.98. The Morgan fingerprint density at radius 3 is 2.04 bits per heavy atom. The first kappa shape index (κ1) is 16.7. The smallest absolute Gasteiger partial charge is 0.257 e. The molecule has 0 saturated heterocycles. The normalized spacial score (nSPS) is 10.4. The summed E-state index contributed by atoms with van der Waals surface area (Å²) in [6.45, 7) is 5.77. The van der Waals surface area contributed by atoms with Crippen LogP contribution in [0.5, 0.6) is 11.5 Å². The highest BCUT2D eigenvalue weighted by Gasteiger charge is 2.10. The number of benzene rings is 2. The molecule has 126 valence electrons. The van der Waals surface area contributed by atoms with Crippen molar-refractivity contribution in [2.24, 2.45) is 0 Å². The number of pyridine rings is 1. The third-order valence-corrected chi connectivity index (χ3v) is 3.84. The Morgan fingerprint density at radius 2 is 1.44 bits per heavy atom. The Morgan fingerprint density at radius 1 is 0.840 bits per heavy atom. The van der Waals surface area contributed by atoms with Crippen molar-refractivity contribution in [3.63, 3.8) is 0 Å². The van der Waals surface area contributed by atoms with Gasteiger partial charge in [-0.05, 0) is 69.3 Å². The number of nitrogens with zero attached hydrogens (tertiary/aromatic N) is 1. The lowest BCUT2D eigenvalue weighted by atomic mass is 10.1. The van der Waals surface area contributed by atoms with Gasteiger partial charge >= 0.3 is 0 Å². The molecular weight excluding hydrogens is 312 g/mol. The summed E-state index contributed by atoms with van der Waals surface area (Å²) >= 11 is 0. The molecule has 2 aromatic carbocycles. The first-order valence-electron chi connectivity index (χ1n) is 8.11. The van der Waals surface area contributed by atoms with Gasteiger partial charge in [0.2, 0.25) is 0 Å². The Hall–Kier alpha value is -3.14. The fraction of sp³-hybridized carbons (Fsp3) is 0.143. The first-order chi connectivity index (χ1) is 12.0. The van der Waals surface area contributed by atoms with E-state index in [1.165, 1.54) is 5.56 Å². The van der Waals surface area contributed by atoms with Gasteiger partial charge in [-0.25, -0.2) is 0 Å². The van der Waals surface area contributed by atoms with Crippen molar-refractivity contribution in [2.75, 3.05) is 5.32 Å². The predicted molar refractivity (Wildman–Crippen MR) is 99.4 cm³/mol. The van der Waals surface area contributed by atoms with E-state index in [0.717, 1.165) is 22.9 Å². The van der Waals surface area contributed by atoms with Gasteiger partial charge in [0.25, 0.3) is 5.91 Å². The van der Waals surface area contributed by atoms with Crippen molar-refractivity contribution >= 4 is 11.6 Å². The van der Waals surface area contributed by atoms with Crippen LogP contribution in [-0.4, -0.2) is 10.9 Å². The molecule has 0 fully saturated rings. The number of aromatic nitrogens is 1. The molecule has 3 rings (SSSR count). The molecule has 4 heteroatoms. The number of anilines is 1. The van der Waals surface area contributed by atoms with Crippen LogP contribution in [0.3, 0.4) is 0 Å². The Labute approximate surface area is 147 Å². The predicted octanol–water partition coefficient (Wildman–Crippen LogP) is 5.05. The summed E-state index contributed by atoms with van der Waals surface area (Å²) in [6, 6.07) is 18.8. The zero-order valence-electron chi connectivity index (χ0n) is 14.5. The van der Waals surface area contributed by atoms with Crippen LogP contribution in [0, 0.1) is 20.8 Å². The first-order valence-corrected chi connectivity index (χ1v) is 8.11. The van der Waals surface area contributed by atoms with E-state index in [1.807, 2.05) is 75.4 Å². The van der Waals surface area contributed by atoms with Gasteiger partial charge in [0, 0.05) is 11.4 Å². The number of aryl methyl sites for hydroxylation is 3. The van der Waals surface area contributed by atoms with Crippen molar-refractivity contribution in [1.29, 1.82) is 0 Å². The molecular formula is C21H20N2O2. The van der Waals surface area contributed by atoms with Crippen molar-refractivity contribution in [1.82, 2.24) is 4.98 Å². The second-order valence-corrected chi connectivity index (χ2v) is 5.98. The summed E-state index contributed by atoms with van der Waals surface area (Å²) in [6.07, 6.45) is 0. The van der Waals surface area contributed by atoms with Gasteiger partial charge in [-0.15, -0.1) is 0 Å². The van der Waals surface area contributed by atoms with Crippen LogP contribution in [0.15, 0.2) is 60.7 Å². The maximum absolute atomic E-state index is 12.4. The van der Waals surface area contributed by atoms with E-state index in [9.17, 15) is 4.79 Å². The fourth-order valence-electron chi connectivity index (χ4n) is 2.47. The van der Waals surface area contributed by atoms with Gasteiger partial charge in [-0.3, -0.25) is 9.78 Å². The number of hydrogen-bond acceptors (Lipinski definition) is 3. The highest BCUT2D eigenvalue weighted by atomic mass is 16.5. The van der Waals surface area contributed by atoms with Crippen LogP contribution in [0.4, 0.5) is 5.69 Å². The minimum atomic E-state index is -0.169. The Kier molecular flexibility index (Phi) is 4.80. The third kappa shape index (κ3) is 4.23. The minimum absolute atomic E-state index is 0.169. The number of carbonyl (C=O) groups is 1. The topological polar surface area (TPSA) is 51.2 Å². The largest absolute Gasteiger partial charge is 0.457 e. The Bertz CT molecular complexity index is 885. The summed E-state index contributed by atoms with van der Waals surface area (Å²) in [5, 5.41) is 2.88. The minimum Gasteiger partial charge on any atom is -0.457 e. The van der Waals surface area contributed by atoms with E-state index < -0.39 is 0 Å². The van der Waals surface area contributed by atoms with Gasteiger partial charge in [-0.2, -0.15) is 0 Å². The maximum atomic E-state index is 12.4. The average Bonchev–Trinajstić information content (AvgIpc) is 2.58. The summed E-state index contributed by atoms with van der Waals surface area (Å²) in [7, 11) is 0. The maximum Gasteiger partial charge on any atom is 0.257 e. The number of amides is 1. The molecule has 0 atom stereocenters. The van der Waals surface area contributed by atoms with Crippen molar-refractivity contribution in [2.45, 2.75) is 20.8 Å². The Balaban J connectivity index is 1.67. The van der Waals surface area contributed by atoms with Crippen LogP contribution in [-0.2, 0) is 0 Å². The summed E-state index contributed by atoms with van der Waals surface area (Å²) < 4.78 is 5.79. The molecule has 0 radical (unpaired) electrons. The molecule has 4 nitrogen and oxygen atoms in total. The van der Waals surface area contributed by atoms with E-state index in [0.29, 0.717) is 11.3 Å². The molecule has 0 aliphatic rings. The lowest BCUT2D eigenvalue weighted by Gasteiger charge is -2.09. The van der Waals surface area contributed by atoms with E-state index in [1.54, 1.807) is 6.07 Å². The fourth-order valence-corrected chi connectivity index (χ4v) is 2.47. The SMILES string of the molecule is Cc1ccc(Oc2ccc(NC(=O)c3ccc(C)nc3C)cc2)cc1. The lowest BCUT2D eigenvalue weighted by Crippen LogP contribution is -2.14. The van der Waals surface area contributed by atoms with Gasteiger partial charge in [-0.1, -0.05) is 17.7 Å². The van der Waals surface area contributed by atoms with E-state index in [-0.39, 0.29) is 5.91 Å². The van der Waals surface area contributed by atoms with Crippen molar-refractivity contribution in [3.05, 3.63) is 83.2 Å². The molecule has 1 amide bonds. The van der Waals surface area contributed by atoms with Gasteiger partial charge in [0.05, 0.1) is 11.3 Å². The molecule has 25 heavy (non-hydrogen) atoms. The van der Waals surface area contributed by atoms with E-state index >= 15 is 0 Å². The molecule has 1 N–H and O–H groups in total. The number of hydrogen-bond donors (Lipinski definition) is 1. The molecule has 3 aromatic rings. The van der Waals surface area contributed by atoms with Crippen molar-refractivity contribution in [3.8, 4) is 11.5 Å². The van der Waals surface area contributed by atoms with Crippen molar-refractivity contribution < 1.29 is 9.53 Å². The number of ether oxygens (including phenoxy) is 1. The highest BCUT2D eigenvalue weighted by molar-refractivity contribution is 6.05. The van der Waals surface area contributed by atoms with Gasteiger partial charge in [0.15, 0.2) is 0 Å². The highest BCUT2D eigenvalue weighted by Crippen LogP contribution is 2.23. The molecule has 0 aliphatic carbocycles. The van der Waals surface area contributed by atoms with Crippen LogP contribution >= 0.6 is 0 Å². The summed E-state index contributed by atoms with van der Waals surface area (Å²) in [5.74, 6) is 1.33. The molecule has 0 aliphatic heterocycles. The van der Waals surface area contributed by atoms with E-state index in [2.05, 4.69) is 10.3 Å². The quantitative estimate of drug-likeness (QED) is 0.727. The molecule has 0 bridgehead atoms. The average molecular weight is 332 g/mol. The van der Waals surface area contributed by atoms with Crippen LogP contribution in [0.25, 0.3) is 0 Å². The molecule has 1 aromatic heterocycles. The zero-order valence-corrected chi connectivity index (χ0v) is 14.5. The van der Waals surface area contributed by atoms with Gasteiger partial charge < -0.3 is 10.1 Å². The number of rotatable bonds is 4. The summed E-state index contributed by atoms with van der Waals surface area (Å²) in [5.41, 5.74) is 4.08. The molecule has 0 unspecified atom stereocenters. The van der Waals surface area contributed by atoms with E-state index in [4.69, 9.17) is 4.74 Å². The van der Waals surface area contributed by atoms with Gasteiger partial charge in [0.1, 0.15) is 11.5 Å². The molecule has 0 spiro atoms. The third-order valence-electron chi connectivity index (χ3n) is 3.84. The van der Waals surface area contributed by atoms with Crippen LogP contribution in [0.2, 0.25) is 0 Å². The zero-order chi connectivity index (χ0) is 17.8. The van der Waals surface area contributed by atoms with Crippen LogP contribution < -0.4 is 10.1 Å². The molecule has 1 heterocycles. The van der Waals surface area contributed by atoms with Crippen LogP contribution in [0.1, 0.15) is 27.3 Å². The molecule has 0 saturated carbocycles. The number of carbonyl (C=O) groups excluding carboxylic acids is 1.